The summed E-state index contributed by atoms with van der Waals surface area (Å²) in [6.07, 6.45) is 0.860. The number of amides is 2. The van der Waals surface area contributed by atoms with Crippen LogP contribution in [0.5, 0.6) is 0 Å². The lowest BCUT2D eigenvalue weighted by Crippen LogP contribution is -2.42. The standard InChI is InChI=1S/C21H22N2O6S/c1-30(2,28)23-20(26)18(11-19(24)25)22-21(27)29-12-17-15-9-5-3-7-13(15)14-8-4-6-10-16(14)17/h3-10,17-18H,11-12H2,1-2H3,(H,22,27)(H,24,25). The minimum Gasteiger partial charge on any atom is -0.481 e. The van der Waals surface area contributed by atoms with Crippen molar-refractivity contribution in [1.82, 2.24) is 5.32 Å². The van der Waals surface area contributed by atoms with Gasteiger partial charge < -0.3 is 15.2 Å². The van der Waals surface area contributed by atoms with Gasteiger partial charge in [-0.3, -0.25) is 9.59 Å². The number of nitrogens with zero attached hydrogens (tertiary/aromatic N) is 1. The third-order valence-electron chi connectivity index (χ3n) is 4.62. The van der Waals surface area contributed by atoms with Crippen LogP contribution in [0.4, 0.5) is 4.79 Å². The summed E-state index contributed by atoms with van der Waals surface area (Å²) in [7, 11) is -2.79. The van der Waals surface area contributed by atoms with Crippen LogP contribution >= 0.6 is 0 Å². The van der Waals surface area contributed by atoms with Gasteiger partial charge in [0.15, 0.2) is 0 Å². The number of carbonyl (C=O) groups is 3. The van der Waals surface area contributed by atoms with E-state index >= 15 is 0 Å². The molecular weight excluding hydrogens is 408 g/mol. The van der Waals surface area contributed by atoms with Crippen molar-refractivity contribution in [1.29, 1.82) is 0 Å². The summed E-state index contributed by atoms with van der Waals surface area (Å²) in [6, 6.07) is 14.2. The fourth-order valence-corrected chi connectivity index (χ4v) is 4.00. The summed E-state index contributed by atoms with van der Waals surface area (Å²) in [5.74, 6) is -2.45. The number of ether oxygens (including phenoxy) is 1. The van der Waals surface area contributed by atoms with Gasteiger partial charge in [-0.05, 0) is 22.3 Å². The number of carboxylic acid groups (broad SMARTS) is 1. The number of fused-ring (bicyclic) bond motifs is 3. The fraction of sp³-hybridized carbons (Fsp3) is 0.286. The maximum atomic E-state index is 12.3. The second kappa shape index (κ2) is 8.66. The van der Waals surface area contributed by atoms with Crippen molar-refractivity contribution in [3.63, 3.8) is 0 Å². The van der Waals surface area contributed by atoms with Crippen LogP contribution in [-0.4, -0.2) is 52.4 Å². The van der Waals surface area contributed by atoms with Gasteiger partial charge >= 0.3 is 12.1 Å². The monoisotopic (exact) mass is 430 g/mol. The van der Waals surface area contributed by atoms with Crippen LogP contribution in [-0.2, 0) is 24.1 Å². The highest BCUT2D eigenvalue weighted by Gasteiger charge is 2.30. The van der Waals surface area contributed by atoms with Gasteiger partial charge in [0.25, 0.3) is 5.91 Å². The lowest BCUT2D eigenvalue weighted by atomic mass is 9.98. The van der Waals surface area contributed by atoms with E-state index in [0.717, 1.165) is 22.3 Å². The summed E-state index contributed by atoms with van der Waals surface area (Å²) in [5, 5.41) is 11.2. The minimum atomic E-state index is -2.79. The number of benzene rings is 2. The van der Waals surface area contributed by atoms with Crippen molar-refractivity contribution in [2.75, 3.05) is 19.1 Å². The van der Waals surface area contributed by atoms with Crippen LogP contribution in [0, 0.1) is 0 Å². The Morgan fingerprint density at radius 1 is 1.07 bits per heavy atom. The van der Waals surface area contributed by atoms with E-state index < -0.39 is 40.2 Å². The third kappa shape index (κ3) is 5.04. The van der Waals surface area contributed by atoms with E-state index in [2.05, 4.69) is 9.68 Å². The van der Waals surface area contributed by atoms with Gasteiger partial charge in [-0.1, -0.05) is 48.5 Å². The van der Waals surface area contributed by atoms with E-state index in [1.54, 1.807) is 0 Å². The maximum Gasteiger partial charge on any atom is 0.407 e. The molecule has 1 aliphatic carbocycles. The zero-order valence-electron chi connectivity index (χ0n) is 16.5. The Morgan fingerprint density at radius 3 is 2.10 bits per heavy atom. The van der Waals surface area contributed by atoms with Crippen LogP contribution in [0.2, 0.25) is 0 Å². The Balaban J connectivity index is 1.72. The van der Waals surface area contributed by atoms with Gasteiger partial charge in [0.2, 0.25) is 0 Å². The van der Waals surface area contributed by atoms with Gasteiger partial charge in [0, 0.05) is 28.2 Å². The number of alkyl carbamates (subject to hydrolysis) is 1. The van der Waals surface area contributed by atoms with Crippen molar-refractivity contribution in [3.05, 3.63) is 59.7 Å². The number of carbonyl (C=O) groups excluding carboxylic acids is 2. The smallest absolute Gasteiger partial charge is 0.407 e. The van der Waals surface area contributed by atoms with E-state index in [0.29, 0.717) is 0 Å². The summed E-state index contributed by atoms with van der Waals surface area (Å²) in [5.41, 5.74) is 4.19. The molecule has 0 aliphatic heterocycles. The highest BCUT2D eigenvalue weighted by Crippen LogP contribution is 2.44. The first kappa shape index (κ1) is 21.5. The number of hydrogen-bond acceptors (Lipinski definition) is 5. The molecule has 0 spiro atoms. The zero-order chi connectivity index (χ0) is 21.9. The first-order chi connectivity index (χ1) is 14.2. The molecule has 2 N–H and O–H groups in total. The number of carboxylic acids is 1. The van der Waals surface area contributed by atoms with E-state index in [4.69, 9.17) is 9.84 Å². The molecule has 30 heavy (non-hydrogen) atoms. The van der Waals surface area contributed by atoms with Crippen molar-refractivity contribution in [2.45, 2.75) is 18.4 Å². The Hall–Kier alpha value is -3.20. The molecule has 3 rings (SSSR count). The fourth-order valence-electron chi connectivity index (χ4n) is 3.44. The molecule has 0 saturated heterocycles. The summed E-state index contributed by atoms with van der Waals surface area (Å²) >= 11 is 0. The molecule has 2 amide bonds. The molecule has 2 aromatic rings. The largest absolute Gasteiger partial charge is 0.481 e. The first-order valence-electron chi connectivity index (χ1n) is 9.20. The number of aliphatic carboxylic acids is 1. The lowest BCUT2D eigenvalue weighted by molar-refractivity contribution is -0.139. The van der Waals surface area contributed by atoms with E-state index in [-0.39, 0.29) is 12.5 Å². The number of rotatable bonds is 6. The van der Waals surface area contributed by atoms with Crippen LogP contribution in [0.3, 0.4) is 0 Å². The quantitative estimate of drug-likeness (QED) is 0.726. The highest BCUT2D eigenvalue weighted by atomic mass is 32.2. The predicted molar refractivity (Wildman–Crippen MR) is 112 cm³/mol. The number of hydrogen-bond donors (Lipinski definition) is 2. The molecule has 1 atom stereocenters. The summed E-state index contributed by atoms with van der Waals surface area (Å²) < 4.78 is 20.5. The molecule has 1 aliphatic rings. The second-order valence-corrected chi connectivity index (χ2v) is 9.78. The normalized spacial score (nSPS) is 13.7. The Labute approximate surface area is 174 Å². The van der Waals surface area contributed by atoms with Crippen molar-refractivity contribution < 1.29 is 28.4 Å². The Morgan fingerprint density at radius 2 is 1.60 bits per heavy atom. The molecule has 8 nitrogen and oxygen atoms in total. The molecule has 0 saturated carbocycles. The van der Waals surface area contributed by atoms with Crippen molar-refractivity contribution in [3.8, 4) is 11.1 Å². The molecule has 1 unspecified atom stereocenters. The molecule has 2 aromatic carbocycles. The highest BCUT2D eigenvalue weighted by molar-refractivity contribution is 7.92. The molecule has 0 radical (unpaired) electrons. The van der Waals surface area contributed by atoms with Crippen LogP contribution < -0.4 is 5.32 Å². The topological polar surface area (TPSA) is 122 Å². The SMILES string of the molecule is CS(C)(=O)=NC(=O)C(CC(=O)O)NC(=O)OCC1c2ccccc2-c2ccccc21. The van der Waals surface area contributed by atoms with Crippen LogP contribution in [0.15, 0.2) is 52.9 Å². The van der Waals surface area contributed by atoms with E-state index in [1.807, 2.05) is 48.5 Å². The maximum absolute atomic E-state index is 12.3. The van der Waals surface area contributed by atoms with E-state index in [1.165, 1.54) is 12.5 Å². The van der Waals surface area contributed by atoms with Crippen LogP contribution in [0.1, 0.15) is 23.5 Å². The molecule has 9 heteroatoms. The molecule has 0 heterocycles. The van der Waals surface area contributed by atoms with Gasteiger partial charge in [-0.15, -0.1) is 0 Å². The molecule has 0 fully saturated rings. The van der Waals surface area contributed by atoms with Gasteiger partial charge in [-0.25, -0.2) is 9.00 Å². The predicted octanol–water partition coefficient (Wildman–Crippen LogP) is 2.62. The number of nitrogens with one attached hydrogen (secondary N) is 1. The van der Waals surface area contributed by atoms with Crippen molar-refractivity contribution >= 4 is 27.7 Å². The van der Waals surface area contributed by atoms with Crippen LogP contribution in [0.25, 0.3) is 11.1 Å². The zero-order valence-corrected chi connectivity index (χ0v) is 17.3. The molecular formula is C21H22N2O6S. The molecule has 0 bridgehead atoms. The van der Waals surface area contributed by atoms with Gasteiger partial charge in [-0.2, -0.15) is 4.36 Å². The average Bonchev–Trinajstić information content (AvgIpc) is 2.98. The van der Waals surface area contributed by atoms with Crippen molar-refractivity contribution in [2.24, 2.45) is 4.36 Å². The summed E-state index contributed by atoms with van der Waals surface area (Å²) in [4.78, 5) is 35.5. The van der Waals surface area contributed by atoms with Gasteiger partial charge in [0.1, 0.15) is 12.6 Å². The van der Waals surface area contributed by atoms with Gasteiger partial charge in [0.05, 0.1) is 6.42 Å². The average molecular weight is 430 g/mol. The Kier molecular flexibility index (Phi) is 6.21. The Bertz CT molecular complexity index is 1070. The minimum absolute atomic E-state index is 0.0171. The molecule has 158 valence electrons. The third-order valence-corrected chi connectivity index (χ3v) is 5.24. The van der Waals surface area contributed by atoms with E-state index in [9.17, 15) is 18.6 Å². The lowest BCUT2D eigenvalue weighted by Gasteiger charge is -2.17. The molecule has 0 aromatic heterocycles. The summed E-state index contributed by atoms with van der Waals surface area (Å²) in [6.45, 7) is 0.0171. The first-order valence-corrected chi connectivity index (χ1v) is 11.5. The second-order valence-electron chi connectivity index (χ2n) is 7.23.